The Kier molecular flexibility index (Phi) is 2.30. The van der Waals surface area contributed by atoms with Gasteiger partial charge in [-0.05, 0) is 23.8 Å². The summed E-state index contributed by atoms with van der Waals surface area (Å²) in [5, 5.41) is 2.97. The molecule has 0 radical (unpaired) electrons. The highest BCUT2D eigenvalue weighted by molar-refractivity contribution is 5.99. The van der Waals surface area contributed by atoms with Gasteiger partial charge in [0.15, 0.2) is 0 Å². The Balaban J connectivity index is 2.23. The molecule has 0 fully saturated rings. The summed E-state index contributed by atoms with van der Waals surface area (Å²) in [6, 6.07) is 9.81. The molecule has 1 aliphatic rings. The molecular weight excluding hydrogens is 226 g/mol. The third-order valence-electron chi connectivity index (χ3n) is 3.45. The zero-order chi connectivity index (χ0) is 12.8. The van der Waals surface area contributed by atoms with E-state index in [4.69, 9.17) is 4.42 Å². The molecule has 92 valence electrons. The lowest BCUT2D eigenvalue weighted by molar-refractivity contribution is -0.117. The fraction of sp³-hybridized carbons (Fsp3) is 0.267. The maximum Gasteiger partial charge on any atom is 0.225 e. The van der Waals surface area contributed by atoms with Crippen molar-refractivity contribution >= 4 is 11.6 Å². The summed E-state index contributed by atoms with van der Waals surface area (Å²) < 4.78 is 5.44. The van der Waals surface area contributed by atoms with Gasteiger partial charge in [-0.3, -0.25) is 4.79 Å². The first kappa shape index (κ1) is 11.1. The number of para-hydroxylation sites is 1. The molecule has 2 heterocycles. The van der Waals surface area contributed by atoms with E-state index in [1.54, 1.807) is 6.26 Å². The van der Waals surface area contributed by atoms with E-state index in [9.17, 15) is 4.79 Å². The number of anilines is 1. The van der Waals surface area contributed by atoms with E-state index in [0.717, 1.165) is 22.6 Å². The molecule has 1 aliphatic heterocycles. The normalized spacial score (nSPS) is 17.1. The lowest BCUT2D eigenvalue weighted by atomic mass is 9.77. The molecule has 18 heavy (non-hydrogen) atoms. The lowest BCUT2D eigenvalue weighted by Gasteiger charge is -2.33. The highest BCUT2D eigenvalue weighted by Crippen LogP contribution is 2.42. The maximum atomic E-state index is 11.8. The maximum absolute atomic E-state index is 11.8. The fourth-order valence-corrected chi connectivity index (χ4v) is 2.57. The van der Waals surface area contributed by atoms with Gasteiger partial charge in [0.2, 0.25) is 5.91 Å². The van der Waals surface area contributed by atoms with Crippen molar-refractivity contribution in [2.45, 2.75) is 25.7 Å². The number of furan rings is 1. The quantitative estimate of drug-likeness (QED) is 0.829. The van der Waals surface area contributed by atoms with Crippen molar-refractivity contribution in [2.75, 3.05) is 5.32 Å². The van der Waals surface area contributed by atoms with E-state index < -0.39 is 0 Å². The van der Waals surface area contributed by atoms with Crippen molar-refractivity contribution < 1.29 is 9.21 Å². The lowest BCUT2D eigenvalue weighted by Crippen LogP contribution is -2.32. The van der Waals surface area contributed by atoms with Crippen LogP contribution in [0.25, 0.3) is 11.3 Å². The second-order valence-corrected chi connectivity index (χ2v) is 5.31. The van der Waals surface area contributed by atoms with E-state index in [-0.39, 0.29) is 11.3 Å². The average Bonchev–Trinajstić information content (AvgIpc) is 2.80. The Labute approximate surface area is 106 Å². The monoisotopic (exact) mass is 241 g/mol. The summed E-state index contributed by atoms with van der Waals surface area (Å²) in [6.45, 7) is 4.19. The number of nitrogens with one attached hydrogen (secondary N) is 1. The molecule has 3 rings (SSSR count). The number of fused-ring (bicyclic) bond motifs is 1. The zero-order valence-corrected chi connectivity index (χ0v) is 10.5. The predicted molar refractivity (Wildman–Crippen MR) is 70.4 cm³/mol. The zero-order valence-electron chi connectivity index (χ0n) is 10.5. The van der Waals surface area contributed by atoms with Gasteiger partial charge < -0.3 is 9.73 Å². The Bertz CT molecular complexity index is 597. The first-order chi connectivity index (χ1) is 8.58. The second kappa shape index (κ2) is 3.73. The molecule has 0 bridgehead atoms. The molecule has 3 nitrogen and oxygen atoms in total. The third kappa shape index (κ3) is 1.63. The number of rotatable bonds is 1. The number of carbonyl (C=O) groups is 1. The van der Waals surface area contributed by atoms with Crippen LogP contribution in [0.4, 0.5) is 5.69 Å². The molecule has 1 aromatic heterocycles. The summed E-state index contributed by atoms with van der Waals surface area (Å²) in [6.07, 6.45) is 2.16. The van der Waals surface area contributed by atoms with Gasteiger partial charge in [-0.2, -0.15) is 0 Å². The number of hydrogen-bond acceptors (Lipinski definition) is 2. The third-order valence-corrected chi connectivity index (χ3v) is 3.45. The summed E-state index contributed by atoms with van der Waals surface area (Å²) in [5.74, 6) is 0.844. The first-order valence-corrected chi connectivity index (χ1v) is 6.05. The highest BCUT2D eigenvalue weighted by Gasteiger charge is 2.33. The van der Waals surface area contributed by atoms with E-state index in [1.807, 2.05) is 24.3 Å². The van der Waals surface area contributed by atoms with Crippen LogP contribution in [0.5, 0.6) is 0 Å². The second-order valence-electron chi connectivity index (χ2n) is 5.31. The largest absolute Gasteiger partial charge is 0.464 e. The van der Waals surface area contributed by atoms with Crippen molar-refractivity contribution in [2.24, 2.45) is 0 Å². The molecular formula is C15H15NO2. The number of benzene rings is 1. The van der Waals surface area contributed by atoms with Crippen LogP contribution in [0.3, 0.4) is 0 Å². The molecule has 0 saturated carbocycles. The van der Waals surface area contributed by atoms with E-state index in [2.05, 4.69) is 25.2 Å². The molecule has 0 unspecified atom stereocenters. The predicted octanol–water partition coefficient (Wildman–Crippen LogP) is 3.57. The molecule has 0 aliphatic carbocycles. The van der Waals surface area contributed by atoms with Crippen LogP contribution in [-0.4, -0.2) is 5.91 Å². The van der Waals surface area contributed by atoms with Gasteiger partial charge in [0.25, 0.3) is 0 Å². The number of amides is 1. The van der Waals surface area contributed by atoms with Gasteiger partial charge in [0, 0.05) is 17.4 Å². The summed E-state index contributed by atoms with van der Waals surface area (Å²) >= 11 is 0. The van der Waals surface area contributed by atoms with Crippen LogP contribution in [-0.2, 0) is 10.2 Å². The molecule has 1 aromatic carbocycles. The number of hydrogen-bond donors (Lipinski definition) is 1. The molecule has 1 N–H and O–H groups in total. The molecule has 0 spiro atoms. The van der Waals surface area contributed by atoms with Crippen LogP contribution in [0, 0.1) is 0 Å². The van der Waals surface area contributed by atoms with Crippen molar-refractivity contribution in [1.82, 2.24) is 0 Å². The summed E-state index contributed by atoms with van der Waals surface area (Å²) in [5.41, 5.74) is 2.85. The van der Waals surface area contributed by atoms with Gasteiger partial charge in [-0.25, -0.2) is 0 Å². The van der Waals surface area contributed by atoms with E-state index >= 15 is 0 Å². The number of carbonyl (C=O) groups excluding carboxylic acids is 1. The molecule has 2 aromatic rings. The molecule has 3 heteroatoms. The minimum atomic E-state index is -0.139. The van der Waals surface area contributed by atoms with E-state index in [0.29, 0.717) is 6.42 Å². The summed E-state index contributed by atoms with van der Waals surface area (Å²) in [7, 11) is 0. The Morgan fingerprint density at radius 2 is 2.06 bits per heavy atom. The fourth-order valence-electron chi connectivity index (χ4n) is 2.57. The van der Waals surface area contributed by atoms with Crippen molar-refractivity contribution in [3.05, 3.63) is 42.2 Å². The van der Waals surface area contributed by atoms with Gasteiger partial charge in [0.1, 0.15) is 5.76 Å². The summed E-state index contributed by atoms with van der Waals surface area (Å²) in [4.78, 5) is 11.8. The van der Waals surface area contributed by atoms with Crippen molar-refractivity contribution in [3.63, 3.8) is 0 Å². The standard InChI is InChI=1S/C15H15NO2/c1-15(2)9-13(17)16-14-10(5-3-6-11(14)15)12-7-4-8-18-12/h3-8H,9H2,1-2H3,(H,16,17). The van der Waals surface area contributed by atoms with Crippen LogP contribution >= 0.6 is 0 Å². The SMILES string of the molecule is CC1(C)CC(=O)Nc2c(-c3ccco3)cccc21. The van der Waals surface area contributed by atoms with Crippen molar-refractivity contribution in [1.29, 1.82) is 0 Å². The molecule has 0 atom stereocenters. The van der Waals surface area contributed by atoms with Gasteiger partial charge >= 0.3 is 0 Å². The van der Waals surface area contributed by atoms with Crippen LogP contribution < -0.4 is 5.32 Å². The minimum Gasteiger partial charge on any atom is -0.464 e. The average molecular weight is 241 g/mol. The van der Waals surface area contributed by atoms with Gasteiger partial charge in [-0.1, -0.05) is 26.0 Å². The molecule has 0 saturated heterocycles. The van der Waals surface area contributed by atoms with Gasteiger partial charge in [-0.15, -0.1) is 0 Å². The van der Waals surface area contributed by atoms with Crippen LogP contribution in [0.1, 0.15) is 25.8 Å². The highest BCUT2D eigenvalue weighted by atomic mass is 16.3. The molecule has 1 amide bonds. The van der Waals surface area contributed by atoms with Crippen LogP contribution in [0.15, 0.2) is 41.0 Å². The van der Waals surface area contributed by atoms with Crippen molar-refractivity contribution in [3.8, 4) is 11.3 Å². The van der Waals surface area contributed by atoms with Crippen LogP contribution in [0.2, 0.25) is 0 Å². The minimum absolute atomic E-state index is 0.0616. The Morgan fingerprint density at radius 3 is 2.78 bits per heavy atom. The topological polar surface area (TPSA) is 42.2 Å². The Hall–Kier alpha value is -2.03. The van der Waals surface area contributed by atoms with Gasteiger partial charge in [0.05, 0.1) is 12.0 Å². The van der Waals surface area contributed by atoms with E-state index in [1.165, 1.54) is 0 Å². The smallest absolute Gasteiger partial charge is 0.225 e. The Morgan fingerprint density at radius 1 is 1.22 bits per heavy atom. The first-order valence-electron chi connectivity index (χ1n) is 6.05.